The SMILES string of the molecule is [CH2]C1C=C(C)ON1C. The van der Waals surface area contributed by atoms with Gasteiger partial charge in [-0.1, -0.05) is 0 Å². The van der Waals surface area contributed by atoms with Gasteiger partial charge in [0, 0.05) is 7.05 Å². The van der Waals surface area contributed by atoms with Crippen LogP contribution in [0.25, 0.3) is 0 Å². The lowest BCUT2D eigenvalue weighted by Crippen LogP contribution is -2.20. The van der Waals surface area contributed by atoms with Crippen LogP contribution in [0.1, 0.15) is 6.92 Å². The zero-order valence-electron chi connectivity index (χ0n) is 5.22. The Hall–Kier alpha value is -0.500. The molecule has 0 N–H and O–H groups in total. The second-order valence-electron chi connectivity index (χ2n) is 1.98. The molecule has 2 heteroatoms. The minimum atomic E-state index is 0.190. The van der Waals surface area contributed by atoms with Gasteiger partial charge in [-0.2, -0.15) is 0 Å². The summed E-state index contributed by atoms with van der Waals surface area (Å²) in [7, 11) is 1.87. The normalized spacial score (nSPS) is 29.9. The lowest BCUT2D eigenvalue weighted by Gasteiger charge is -2.12. The highest BCUT2D eigenvalue weighted by Crippen LogP contribution is 2.13. The van der Waals surface area contributed by atoms with Gasteiger partial charge in [0.1, 0.15) is 5.76 Å². The zero-order valence-corrected chi connectivity index (χ0v) is 5.22. The summed E-state index contributed by atoms with van der Waals surface area (Å²) in [5, 5.41) is 1.72. The molecule has 8 heavy (non-hydrogen) atoms. The Bertz CT molecular complexity index is 120. The molecule has 0 amide bonds. The molecule has 1 aliphatic heterocycles. The molecule has 0 bridgehead atoms. The van der Waals surface area contributed by atoms with E-state index in [9.17, 15) is 0 Å². The van der Waals surface area contributed by atoms with Gasteiger partial charge in [-0.15, -0.1) is 5.06 Å². The van der Waals surface area contributed by atoms with Crippen LogP contribution in [0.3, 0.4) is 0 Å². The fraction of sp³-hybridized carbons (Fsp3) is 0.500. The summed E-state index contributed by atoms with van der Waals surface area (Å²) in [4.78, 5) is 5.11. The molecule has 45 valence electrons. The molecule has 0 aromatic rings. The van der Waals surface area contributed by atoms with E-state index in [1.165, 1.54) is 0 Å². The molecule has 1 unspecified atom stereocenters. The number of allylic oxidation sites excluding steroid dienone is 1. The van der Waals surface area contributed by atoms with Crippen molar-refractivity contribution in [3.05, 3.63) is 18.8 Å². The summed E-state index contributed by atoms with van der Waals surface area (Å²) in [6.07, 6.45) is 1.97. The Labute approximate surface area is 49.7 Å². The monoisotopic (exact) mass is 112 g/mol. The topological polar surface area (TPSA) is 12.5 Å². The lowest BCUT2D eigenvalue weighted by molar-refractivity contribution is -0.0832. The van der Waals surface area contributed by atoms with Gasteiger partial charge < -0.3 is 4.84 Å². The van der Waals surface area contributed by atoms with Gasteiger partial charge in [0.15, 0.2) is 0 Å². The number of likely N-dealkylation sites (N-methyl/N-ethyl adjacent to an activating group) is 1. The molecule has 1 heterocycles. The van der Waals surface area contributed by atoms with Gasteiger partial charge in [0.25, 0.3) is 0 Å². The fourth-order valence-electron chi connectivity index (χ4n) is 0.701. The van der Waals surface area contributed by atoms with E-state index in [0.29, 0.717) is 0 Å². The van der Waals surface area contributed by atoms with E-state index < -0.39 is 0 Å². The summed E-state index contributed by atoms with van der Waals surface area (Å²) in [5.41, 5.74) is 0. The summed E-state index contributed by atoms with van der Waals surface area (Å²) < 4.78 is 0. The first-order valence-electron chi connectivity index (χ1n) is 2.62. The molecule has 2 nitrogen and oxygen atoms in total. The first-order chi connectivity index (χ1) is 3.70. The molecule has 1 radical (unpaired) electrons. The first kappa shape index (κ1) is 5.63. The number of rotatable bonds is 0. The molecular weight excluding hydrogens is 102 g/mol. The Balaban J connectivity index is 2.56. The van der Waals surface area contributed by atoms with Crippen LogP contribution in [0.2, 0.25) is 0 Å². The molecule has 0 fully saturated rings. The van der Waals surface area contributed by atoms with Crippen LogP contribution in [-0.2, 0) is 4.84 Å². The van der Waals surface area contributed by atoms with Crippen LogP contribution in [0, 0.1) is 6.92 Å². The van der Waals surface area contributed by atoms with Crippen LogP contribution >= 0.6 is 0 Å². The zero-order chi connectivity index (χ0) is 6.15. The van der Waals surface area contributed by atoms with Crippen molar-refractivity contribution in [1.29, 1.82) is 0 Å². The van der Waals surface area contributed by atoms with E-state index in [1.807, 2.05) is 20.0 Å². The standard InChI is InChI=1S/C6H10NO/c1-5-4-6(2)8-7(5)3/h4-5H,1H2,2-3H3. The smallest absolute Gasteiger partial charge is 0.119 e. The molecule has 0 aromatic heterocycles. The van der Waals surface area contributed by atoms with E-state index in [4.69, 9.17) is 4.84 Å². The average Bonchev–Trinajstić information content (AvgIpc) is 1.85. The summed E-state index contributed by atoms with van der Waals surface area (Å²) in [5.74, 6) is 0.938. The van der Waals surface area contributed by atoms with Crippen LogP contribution in [0.5, 0.6) is 0 Å². The van der Waals surface area contributed by atoms with Gasteiger partial charge >= 0.3 is 0 Å². The quantitative estimate of drug-likeness (QED) is 0.463. The molecule has 1 aliphatic rings. The van der Waals surface area contributed by atoms with E-state index in [-0.39, 0.29) is 6.04 Å². The lowest BCUT2D eigenvalue weighted by atomic mass is 10.3. The minimum absolute atomic E-state index is 0.190. The second-order valence-corrected chi connectivity index (χ2v) is 1.98. The number of hydrogen-bond acceptors (Lipinski definition) is 2. The van der Waals surface area contributed by atoms with Crippen LogP contribution in [-0.4, -0.2) is 18.2 Å². The van der Waals surface area contributed by atoms with Crippen LogP contribution in [0.4, 0.5) is 0 Å². The highest BCUT2D eigenvalue weighted by molar-refractivity contribution is 5.02. The highest BCUT2D eigenvalue weighted by atomic mass is 16.7. The van der Waals surface area contributed by atoms with Crippen molar-refractivity contribution in [3.63, 3.8) is 0 Å². The highest BCUT2D eigenvalue weighted by Gasteiger charge is 2.14. The van der Waals surface area contributed by atoms with Crippen molar-refractivity contribution in [2.45, 2.75) is 13.0 Å². The summed E-state index contributed by atoms with van der Waals surface area (Å²) in [6, 6.07) is 0.190. The number of hydrogen-bond donors (Lipinski definition) is 0. The third-order valence-corrected chi connectivity index (χ3v) is 1.18. The van der Waals surface area contributed by atoms with Crippen molar-refractivity contribution >= 4 is 0 Å². The fourth-order valence-corrected chi connectivity index (χ4v) is 0.701. The van der Waals surface area contributed by atoms with E-state index in [0.717, 1.165) is 5.76 Å². The van der Waals surface area contributed by atoms with Crippen molar-refractivity contribution in [2.24, 2.45) is 0 Å². The van der Waals surface area contributed by atoms with E-state index in [2.05, 4.69) is 6.92 Å². The maximum Gasteiger partial charge on any atom is 0.119 e. The predicted octanol–water partition coefficient (Wildman–Crippen LogP) is 0.970. The van der Waals surface area contributed by atoms with Gasteiger partial charge in [-0.05, 0) is 19.9 Å². The Morgan fingerprint density at radius 1 is 1.88 bits per heavy atom. The van der Waals surface area contributed by atoms with Crippen LogP contribution in [0.15, 0.2) is 11.8 Å². The maximum atomic E-state index is 5.11. The van der Waals surface area contributed by atoms with Crippen molar-refractivity contribution in [3.8, 4) is 0 Å². The molecule has 0 aliphatic carbocycles. The third-order valence-electron chi connectivity index (χ3n) is 1.18. The molecule has 0 spiro atoms. The van der Waals surface area contributed by atoms with Crippen molar-refractivity contribution < 1.29 is 4.84 Å². The van der Waals surface area contributed by atoms with E-state index in [1.54, 1.807) is 5.06 Å². The molecular formula is C6H10NO. The first-order valence-corrected chi connectivity index (χ1v) is 2.62. The number of hydroxylamine groups is 2. The van der Waals surface area contributed by atoms with Crippen molar-refractivity contribution in [1.82, 2.24) is 5.06 Å². The molecule has 1 rings (SSSR count). The molecule has 0 saturated carbocycles. The average molecular weight is 112 g/mol. The second kappa shape index (κ2) is 1.78. The largest absolute Gasteiger partial charge is 0.411 e. The van der Waals surface area contributed by atoms with Gasteiger partial charge in [0.2, 0.25) is 0 Å². The molecule has 0 saturated heterocycles. The maximum absolute atomic E-state index is 5.11. The molecule has 1 atom stereocenters. The van der Waals surface area contributed by atoms with Crippen molar-refractivity contribution in [2.75, 3.05) is 7.05 Å². The predicted molar refractivity (Wildman–Crippen MR) is 31.7 cm³/mol. The minimum Gasteiger partial charge on any atom is -0.411 e. The molecule has 0 aromatic carbocycles. The Morgan fingerprint density at radius 3 is 2.62 bits per heavy atom. The number of nitrogens with zero attached hydrogens (tertiary/aromatic N) is 1. The van der Waals surface area contributed by atoms with Gasteiger partial charge in [0.05, 0.1) is 6.04 Å². The summed E-state index contributed by atoms with van der Waals surface area (Å²) >= 11 is 0. The third kappa shape index (κ3) is 0.842. The van der Waals surface area contributed by atoms with Crippen LogP contribution < -0.4 is 0 Å². The summed E-state index contributed by atoms with van der Waals surface area (Å²) in [6.45, 7) is 5.71. The van der Waals surface area contributed by atoms with Gasteiger partial charge in [-0.3, -0.25) is 0 Å². The van der Waals surface area contributed by atoms with E-state index >= 15 is 0 Å². The Morgan fingerprint density at radius 2 is 2.50 bits per heavy atom. The Kier molecular flexibility index (Phi) is 1.26. The van der Waals surface area contributed by atoms with Gasteiger partial charge in [-0.25, -0.2) is 0 Å².